The summed E-state index contributed by atoms with van der Waals surface area (Å²) in [6, 6.07) is 8.21. The number of carboxylic acids is 1. The zero-order valence-electron chi connectivity index (χ0n) is 9.93. The molecule has 0 bridgehead atoms. The van der Waals surface area contributed by atoms with E-state index in [0.29, 0.717) is 0 Å². The van der Waals surface area contributed by atoms with Crippen molar-refractivity contribution in [2.75, 3.05) is 14.1 Å². The predicted octanol–water partition coefficient (Wildman–Crippen LogP) is 2.77. The molecule has 1 aliphatic rings. The Hall–Kier alpha value is -0.870. The van der Waals surface area contributed by atoms with Gasteiger partial charge in [0.05, 0.1) is 5.92 Å². The molecule has 0 radical (unpaired) electrons. The first-order valence-corrected chi connectivity index (χ1v) is 6.45. The van der Waals surface area contributed by atoms with Gasteiger partial charge in [-0.2, -0.15) is 0 Å². The van der Waals surface area contributed by atoms with Crippen LogP contribution in [0.3, 0.4) is 0 Å². The fraction of sp³-hybridized carbons (Fsp3) is 0.462. The van der Waals surface area contributed by atoms with Crippen LogP contribution in [0.15, 0.2) is 28.7 Å². The summed E-state index contributed by atoms with van der Waals surface area (Å²) in [4.78, 5) is 13.1. The van der Waals surface area contributed by atoms with Gasteiger partial charge in [0.15, 0.2) is 0 Å². The van der Waals surface area contributed by atoms with Gasteiger partial charge in [-0.3, -0.25) is 4.79 Å². The van der Waals surface area contributed by atoms with Crippen molar-refractivity contribution in [3.8, 4) is 0 Å². The highest BCUT2D eigenvalue weighted by Crippen LogP contribution is 2.50. The number of carboxylic acid groups (broad SMARTS) is 1. The summed E-state index contributed by atoms with van der Waals surface area (Å²) < 4.78 is 1.05. The topological polar surface area (TPSA) is 40.5 Å². The zero-order valence-corrected chi connectivity index (χ0v) is 11.5. The summed E-state index contributed by atoms with van der Waals surface area (Å²) in [5, 5.41) is 9.04. The van der Waals surface area contributed by atoms with Gasteiger partial charge in [-0.25, -0.2) is 0 Å². The van der Waals surface area contributed by atoms with E-state index in [0.717, 1.165) is 10.9 Å². The van der Waals surface area contributed by atoms with Crippen LogP contribution in [0.5, 0.6) is 0 Å². The Kier molecular flexibility index (Phi) is 3.54. The Morgan fingerprint density at radius 3 is 2.59 bits per heavy atom. The van der Waals surface area contributed by atoms with Crippen molar-refractivity contribution < 1.29 is 9.90 Å². The van der Waals surface area contributed by atoms with E-state index in [4.69, 9.17) is 5.11 Å². The lowest BCUT2D eigenvalue weighted by atomic mass is 10.00. The minimum Gasteiger partial charge on any atom is -0.481 e. The number of hydrogen-bond donors (Lipinski definition) is 1. The van der Waals surface area contributed by atoms with Crippen molar-refractivity contribution in [3.63, 3.8) is 0 Å². The van der Waals surface area contributed by atoms with Crippen LogP contribution < -0.4 is 0 Å². The van der Waals surface area contributed by atoms with Crippen molar-refractivity contribution in [3.05, 3.63) is 34.3 Å². The highest BCUT2D eigenvalue weighted by molar-refractivity contribution is 9.10. The second kappa shape index (κ2) is 4.78. The van der Waals surface area contributed by atoms with Gasteiger partial charge in [0.2, 0.25) is 0 Å². The van der Waals surface area contributed by atoms with E-state index in [1.165, 1.54) is 5.56 Å². The summed E-state index contributed by atoms with van der Waals surface area (Å²) in [6.07, 6.45) is 0.777. The molecule has 0 spiro atoms. The Morgan fingerprint density at radius 2 is 2.12 bits per heavy atom. The molecular weight excluding hydrogens is 282 g/mol. The highest BCUT2D eigenvalue weighted by Gasteiger charge is 2.49. The maximum atomic E-state index is 11.0. The van der Waals surface area contributed by atoms with Crippen LogP contribution in [0, 0.1) is 11.8 Å². The van der Waals surface area contributed by atoms with Gasteiger partial charge in [0, 0.05) is 10.5 Å². The van der Waals surface area contributed by atoms with Crippen LogP contribution in [0.1, 0.15) is 18.0 Å². The minimum absolute atomic E-state index is 0.173. The normalized spacial score (nSPS) is 24.7. The molecule has 1 N–H and O–H groups in total. The van der Waals surface area contributed by atoms with Crippen molar-refractivity contribution in [1.82, 2.24) is 4.90 Å². The minimum atomic E-state index is -0.672. The Bertz CT molecular complexity index is 433. The van der Waals surface area contributed by atoms with Crippen LogP contribution in [-0.2, 0) is 4.79 Å². The second-order valence-electron chi connectivity index (χ2n) is 4.77. The molecule has 1 aromatic rings. The molecule has 17 heavy (non-hydrogen) atoms. The average Bonchev–Trinajstić information content (AvgIpc) is 3.01. The molecule has 1 aliphatic carbocycles. The van der Waals surface area contributed by atoms with Crippen LogP contribution in [0.2, 0.25) is 0 Å². The Labute approximate surface area is 110 Å². The number of benzene rings is 1. The molecule has 0 aromatic heterocycles. The Morgan fingerprint density at radius 1 is 1.47 bits per heavy atom. The lowest BCUT2D eigenvalue weighted by Crippen LogP contribution is -2.23. The molecule has 1 aromatic carbocycles. The molecule has 3 nitrogen and oxygen atoms in total. The number of rotatable bonds is 4. The average molecular weight is 298 g/mol. The van der Waals surface area contributed by atoms with Gasteiger partial charge in [-0.15, -0.1) is 0 Å². The van der Waals surface area contributed by atoms with Crippen LogP contribution in [0.25, 0.3) is 0 Å². The largest absolute Gasteiger partial charge is 0.481 e. The van der Waals surface area contributed by atoms with E-state index in [1.807, 2.05) is 32.3 Å². The smallest absolute Gasteiger partial charge is 0.306 e. The van der Waals surface area contributed by atoms with Crippen LogP contribution in [0.4, 0.5) is 0 Å². The van der Waals surface area contributed by atoms with Crippen molar-refractivity contribution in [2.24, 2.45) is 11.8 Å². The molecule has 0 saturated heterocycles. The molecule has 0 amide bonds. The fourth-order valence-corrected chi connectivity index (χ4v) is 2.97. The zero-order chi connectivity index (χ0) is 12.6. The quantitative estimate of drug-likeness (QED) is 0.929. The van der Waals surface area contributed by atoms with Gasteiger partial charge in [-0.05, 0) is 38.1 Å². The molecule has 1 saturated carbocycles. The molecule has 0 aliphatic heterocycles. The Balaban J connectivity index is 2.26. The van der Waals surface area contributed by atoms with Crippen molar-refractivity contribution in [1.29, 1.82) is 0 Å². The third-order valence-corrected chi connectivity index (χ3v) is 4.06. The standard InChI is InChI=1S/C13H16BrNO2/c1-15(2)12(9-7-10(9)13(16)17)8-5-3-4-6-11(8)14/h3-6,9-10,12H,7H2,1-2H3,(H,16,17). The number of halogens is 1. The maximum absolute atomic E-state index is 11.0. The van der Waals surface area contributed by atoms with Crippen molar-refractivity contribution >= 4 is 21.9 Å². The first kappa shape index (κ1) is 12.6. The fourth-order valence-electron chi connectivity index (χ4n) is 2.45. The summed E-state index contributed by atoms with van der Waals surface area (Å²) in [6.45, 7) is 0. The molecule has 1 fully saturated rings. The van der Waals surface area contributed by atoms with Crippen molar-refractivity contribution in [2.45, 2.75) is 12.5 Å². The maximum Gasteiger partial charge on any atom is 0.306 e. The second-order valence-corrected chi connectivity index (χ2v) is 5.63. The number of aliphatic carboxylic acids is 1. The monoisotopic (exact) mass is 297 g/mol. The number of hydrogen-bond acceptors (Lipinski definition) is 2. The van der Waals surface area contributed by atoms with E-state index in [-0.39, 0.29) is 17.9 Å². The molecular formula is C13H16BrNO2. The molecule has 2 rings (SSSR count). The van der Waals surface area contributed by atoms with Gasteiger partial charge < -0.3 is 10.0 Å². The molecule has 3 unspecified atom stereocenters. The summed E-state index contributed by atoms with van der Waals surface area (Å²) in [5.74, 6) is -0.635. The third kappa shape index (κ3) is 2.53. The van der Waals surface area contributed by atoms with E-state index in [1.54, 1.807) is 0 Å². The van der Waals surface area contributed by atoms with Gasteiger partial charge in [0.1, 0.15) is 0 Å². The predicted molar refractivity (Wildman–Crippen MR) is 69.8 cm³/mol. The lowest BCUT2D eigenvalue weighted by Gasteiger charge is -2.26. The van der Waals surface area contributed by atoms with Gasteiger partial charge >= 0.3 is 5.97 Å². The van der Waals surface area contributed by atoms with Gasteiger partial charge in [-0.1, -0.05) is 34.1 Å². The number of carbonyl (C=O) groups is 1. The summed E-state index contributed by atoms with van der Waals surface area (Å²) in [5.41, 5.74) is 1.17. The van der Waals surface area contributed by atoms with Crippen LogP contribution in [-0.4, -0.2) is 30.1 Å². The summed E-state index contributed by atoms with van der Waals surface area (Å²) >= 11 is 3.54. The highest BCUT2D eigenvalue weighted by atomic mass is 79.9. The molecule has 4 heteroatoms. The SMILES string of the molecule is CN(C)C(c1ccccc1Br)C1CC1C(=O)O. The third-order valence-electron chi connectivity index (χ3n) is 3.34. The summed E-state index contributed by atoms with van der Waals surface area (Å²) in [7, 11) is 4.00. The number of nitrogens with zero attached hydrogens (tertiary/aromatic N) is 1. The van der Waals surface area contributed by atoms with E-state index in [2.05, 4.69) is 26.9 Å². The van der Waals surface area contributed by atoms with E-state index in [9.17, 15) is 4.79 Å². The first-order chi connectivity index (χ1) is 8.02. The molecule has 3 atom stereocenters. The molecule has 0 heterocycles. The van der Waals surface area contributed by atoms with E-state index >= 15 is 0 Å². The molecule has 92 valence electrons. The van der Waals surface area contributed by atoms with Crippen LogP contribution >= 0.6 is 15.9 Å². The first-order valence-electron chi connectivity index (χ1n) is 5.66. The lowest BCUT2D eigenvalue weighted by molar-refractivity contribution is -0.139. The van der Waals surface area contributed by atoms with Gasteiger partial charge in [0.25, 0.3) is 0 Å². The van der Waals surface area contributed by atoms with E-state index < -0.39 is 5.97 Å².